The minimum Gasteiger partial charge on any atom is -0.371 e. The van der Waals surface area contributed by atoms with Crippen molar-refractivity contribution in [2.24, 2.45) is 11.8 Å². The quantitative estimate of drug-likeness (QED) is 0.850. The van der Waals surface area contributed by atoms with Crippen molar-refractivity contribution in [3.05, 3.63) is 11.6 Å². The van der Waals surface area contributed by atoms with Crippen molar-refractivity contribution in [2.75, 3.05) is 12.4 Å². The largest absolute Gasteiger partial charge is 0.371 e. The lowest BCUT2D eigenvalue weighted by atomic mass is 10.1. The number of nitrogens with one attached hydrogen (secondary N) is 2. The molecule has 6 nitrogen and oxygen atoms in total. The summed E-state index contributed by atoms with van der Waals surface area (Å²) in [5, 5.41) is 4.97. The number of rotatable bonds is 6. The Balaban J connectivity index is 1.73. The second-order valence-electron chi connectivity index (χ2n) is 5.89. The molecule has 21 heavy (non-hydrogen) atoms. The van der Waals surface area contributed by atoms with Gasteiger partial charge in [0.15, 0.2) is 15.8 Å². The number of hydrogen-bond acceptors (Lipinski definition) is 5. The summed E-state index contributed by atoms with van der Waals surface area (Å²) in [5.41, 5.74) is 0. The molecule has 2 aromatic heterocycles. The van der Waals surface area contributed by atoms with Crippen LogP contribution >= 0.6 is 11.3 Å². The number of imidazole rings is 1. The van der Waals surface area contributed by atoms with Crippen LogP contribution in [-0.4, -0.2) is 30.9 Å². The molecule has 0 spiro atoms. The van der Waals surface area contributed by atoms with Gasteiger partial charge in [-0.05, 0) is 37.5 Å². The van der Waals surface area contributed by atoms with Crippen LogP contribution in [0.5, 0.6) is 0 Å². The molecule has 2 aliphatic rings. The maximum Gasteiger partial charge on any atom is 0.260 e. The van der Waals surface area contributed by atoms with E-state index < -0.39 is 10.0 Å². The number of nitrogens with zero attached hydrogens (tertiary/aromatic N) is 2. The zero-order valence-corrected chi connectivity index (χ0v) is 13.4. The van der Waals surface area contributed by atoms with Crippen LogP contribution in [0.4, 0.5) is 5.82 Å². The van der Waals surface area contributed by atoms with E-state index in [1.807, 2.05) is 5.38 Å². The van der Waals surface area contributed by atoms with Gasteiger partial charge >= 0.3 is 0 Å². The summed E-state index contributed by atoms with van der Waals surface area (Å²) >= 11 is 1.43. The van der Waals surface area contributed by atoms with Gasteiger partial charge in [0.1, 0.15) is 0 Å². The van der Waals surface area contributed by atoms with Crippen LogP contribution in [0.2, 0.25) is 0 Å². The van der Waals surface area contributed by atoms with E-state index in [9.17, 15) is 8.42 Å². The number of sulfonamides is 1. The molecule has 0 radical (unpaired) electrons. The smallest absolute Gasteiger partial charge is 0.260 e. The molecule has 2 N–H and O–H groups in total. The van der Waals surface area contributed by atoms with E-state index in [4.69, 9.17) is 0 Å². The Morgan fingerprint density at radius 3 is 2.57 bits per heavy atom. The van der Waals surface area contributed by atoms with Gasteiger partial charge in [0.05, 0.1) is 0 Å². The summed E-state index contributed by atoms with van der Waals surface area (Å²) in [5.74, 6) is 1.46. The van der Waals surface area contributed by atoms with Gasteiger partial charge in [0, 0.05) is 24.7 Å². The summed E-state index contributed by atoms with van der Waals surface area (Å²) in [6.45, 7) is 0. The Morgan fingerprint density at radius 2 is 2.00 bits per heavy atom. The molecule has 0 aromatic carbocycles. The van der Waals surface area contributed by atoms with E-state index in [-0.39, 0.29) is 11.1 Å². The fraction of sp³-hybridized carbons (Fsp3) is 0.615. The Bertz CT molecular complexity index is 759. The van der Waals surface area contributed by atoms with Gasteiger partial charge in [-0.2, -0.15) is 0 Å². The van der Waals surface area contributed by atoms with Crippen LogP contribution in [0, 0.1) is 11.8 Å². The van der Waals surface area contributed by atoms with Gasteiger partial charge in [0.25, 0.3) is 10.0 Å². The van der Waals surface area contributed by atoms with Gasteiger partial charge in [-0.15, -0.1) is 11.3 Å². The molecule has 2 saturated carbocycles. The van der Waals surface area contributed by atoms with Crippen LogP contribution < -0.4 is 10.0 Å². The van der Waals surface area contributed by atoms with Crippen molar-refractivity contribution in [1.29, 1.82) is 0 Å². The van der Waals surface area contributed by atoms with Gasteiger partial charge in [-0.3, -0.25) is 4.40 Å². The van der Waals surface area contributed by atoms with Gasteiger partial charge < -0.3 is 5.32 Å². The first-order valence-corrected chi connectivity index (χ1v) is 9.62. The van der Waals surface area contributed by atoms with Crippen molar-refractivity contribution in [3.63, 3.8) is 0 Å². The minimum absolute atomic E-state index is 0.101. The molecule has 2 aliphatic carbocycles. The van der Waals surface area contributed by atoms with E-state index >= 15 is 0 Å². The molecular formula is C13H18N4O2S2. The maximum absolute atomic E-state index is 12.9. The third kappa shape index (κ3) is 2.35. The fourth-order valence-electron chi connectivity index (χ4n) is 2.91. The highest BCUT2D eigenvalue weighted by molar-refractivity contribution is 7.89. The molecule has 4 rings (SSSR count). The second-order valence-corrected chi connectivity index (χ2v) is 8.40. The van der Waals surface area contributed by atoms with Crippen molar-refractivity contribution in [1.82, 2.24) is 14.1 Å². The molecule has 2 fully saturated rings. The van der Waals surface area contributed by atoms with E-state index in [0.29, 0.717) is 22.6 Å². The molecule has 0 bridgehead atoms. The predicted molar refractivity (Wildman–Crippen MR) is 82.2 cm³/mol. The van der Waals surface area contributed by atoms with Crippen LogP contribution in [0.3, 0.4) is 0 Å². The first kappa shape index (κ1) is 13.5. The SMILES string of the molecule is CNc1nc2sccn2c1S(=O)(=O)NC(C1CC1)C1CC1. The lowest BCUT2D eigenvalue weighted by Gasteiger charge is -2.17. The Kier molecular flexibility index (Phi) is 3.02. The zero-order valence-electron chi connectivity index (χ0n) is 11.7. The van der Waals surface area contributed by atoms with E-state index in [1.54, 1.807) is 17.6 Å². The van der Waals surface area contributed by atoms with E-state index in [0.717, 1.165) is 25.7 Å². The zero-order chi connectivity index (χ0) is 14.6. The standard InChI is InChI=1S/C13H18N4O2S2/c1-14-11-12(17-6-7-20-13(17)15-11)21(18,19)16-10(8-2-3-8)9-4-5-9/h6-10,14,16H,2-5H2,1H3. The Labute approximate surface area is 127 Å². The number of anilines is 1. The third-order valence-corrected chi connectivity index (χ3v) is 6.50. The lowest BCUT2D eigenvalue weighted by molar-refractivity contribution is 0.470. The van der Waals surface area contributed by atoms with Gasteiger partial charge in [-0.1, -0.05) is 0 Å². The van der Waals surface area contributed by atoms with Gasteiger partial charge in [-0.25, -0.2) is 18.1 Å². The maximum atomic E-state index is 12.9. The summed E-state index contributed by atoms with van der Waals surface area (Å²) in [7, 11) is -1.87. The normalized spacial score (nSPS) is 19.5. The summed E-state index contributed by atoms with van der Waals surface area (Å²) in [6.07, 6.45) is 6.32. The number of aromatic nitrogens is 2. The number of hydrogen-bond donors (Lipinski definition) is 2. The van der Waals surface area contributed by atoms with Crippen molar-refractivity contribution >= 4 is 32.1 Å². The molecule has 0 unspecified atom stereocenters. The Hall–Kier alpha value is -1.12. The first-order valence-electron chi connectivity index (χ1n) is 7.26. The van der Waals surface area contributed by atoms with Crippen molar-refractivity contribution in [2.45, 2.75) is 36.8 Å². The van der Waals surface area contributed by atoms with Crippen LogP contribution in [-0.2, 0) is 10.0 Å². The van der Waals surface area contributed by atoms with Crippen LogP contribution in [0.1, 0.15) is 25.7 Å². The summed E-state index contributed by atoms with van der Waals surface area (Å²) < 4.78 is 30.3. The molecule has 0 amide bonds. The lowest BCUT2D eigenvalue weighted by Crippen LogP contribution is -2.38. The van der Waals surface area contributed by atoms with Crippen molar-refractivity contribution < 1.29 is 8.42 Å². The average Bonchev–Trinajstić information content (AvgIpc) is 3.34. The summed E-state index contributed by atoms with van der Waals surface area (Å²) in [6, 6.07) is 0.101. The topological polar surface area (TPSA) is 75.5 Å². The minimum atomic E-state index is -3.57. The van der Waals surface area contributed by atoms with Crippen LogP contribution in [0.25, 0.3) is 4.96 Å². The van der Waals surface area contributed by atoms with Gasteiger partial charge in [0.2, 0.25) is 0 Å². The average molecular weight is 326 g/mol. The number of fused-ring (bicyclic) bond motifs is 1. The third-order valence-electron chi connectivity index (χ3n) is 4.26. The molecule has 114 valence electrons. The molecule has 0 aliphatic heterocycles. The molecule has 8 heteroatoms. The molecule has 0 atom stereocenters. The van der Waals surface area contributed by atoms with E-state index in [1.165, 1.54) is 11.3 Å². The highest BCUT2D eigenvalue weighted by Crippen LogP contribution is 2.45. The first-order chi connectivity index (χ1) is 10.1. The molecule has 0 saturated heterocycles. The van der Waals surface area contributed by atoms with E-state index in [2.05, 4.69) is 15.0 Å². The van der Waals surface area contributed by atoms with Crippen molar-refractivity contribution in [3.8, 4) is 0 Å². The Morgan fingerprint density at radius 1 is 1.33 bits per heavy atom. The molecule has 2 aromatic rings. The second kappa shape index (κ2) is 4.69. The molecular weight excluding hydrogens is 308 g/mol. The highest BCUT2D eigenvalue weighted by atomic mass is 32.2. The fourth-order valence-corrected chi connectivity index (χ4v) is 5.34. The monoisotopic (exact) mass is 326 g/mol. The molecule has 2 heterocycles. The highest BCUT2D eigenvalue weighted by Gasteiger charge is 2.44. The van der Waals surface area contributed by atoms with Crippen LogP contribution in [0.15, 0.2) is 16.6 Å². The predicted octanol–water partition coefficient (Wildman–Crippen LogP) is 1.90. The number of thiazole rings is 1. The summed E-state index contributed by atoms with van der Waals surface area (Å²) in [4.78, 5) is 5.03.